The molecule has 6 nitrogen and oxygen atoms in total. The molecule has 0 aliphatic carbocycles. The quantitative estimate of drug-likeness (QED) is 0.724. The predicted octanol–water partition coefficient (Wildman–Crippen LogP) is 2.92. The minimum Gasteiger partial charge on any atom is -0.493 e. The molecule has 0 atom stereocenters. The van der Waals surface area contributed by atoms with Gasteiger partial charge in [-0.15, -0.1) is 10.2 Å². The first-order chi connectivity index (χ1) is 11.8. The Labute approximate surface area is 141 Å². The third-order valence-electron chi connectivity index (χ3n) is 3.65. The first-order valence-corrected chi connectivity index (χ1v) is 7.69. The number of nitrogens with one attached hydrogen (secondary N) is 1. The average molecular weight is 324 g/mol. The van der Waals surface area contributed by atoms with E-state index in [4.69, 9.17) is 9.47 Å². The zero-order valence-corrected chi connectivity index (χ0v) is 13.8. The first kappa shape index (κ1) is 15.9. The lowest BCUT2D eigenvalue weighted by Crippen LogP contribution is -2.13. The Hall–Kier alpha value is -3.02. The van der Waals surface area contributed by atoms with Crippen molar-refractivity contribution in [2.75, 3.05) is 12.5 Å². The highest BCUT2D eigenvalue weighted by Gasteiger charge is 2.11. The molecule has 0 spiro atoms. The van der Waals surface area contributed by atoms with Gasteiger partial charge in [-0.05, 0) is 18.6 Å². The topological polar surface area (TPSA) is 61.2 Å². The zero-order valence-electron chi connectivity index (χ0n) is 13.8. The number of nitrogens with zero attached hydrogens (tertiary/aromatic N) is 3. The van der Waals surface area contributed by atoms with E-state index in [0.717, 1.165) is 16.9 Å². The van der Waals surface area contributed by atoms with Crippen molar-refractivity contribution in [2.24, 2.45) is 0 Å². The molecule has 3 aromatic rings. The van der Waals surface area contributed by atoms with E-state index in [0.29, 0.717) is 18.9 Å². The van der Waals surface area contributed by atoms with Crippen molar-refractivity contribution in [1.29, 1.82) is 0 Å². The number of hydrogen-bond acceptors (Lipinski definition) is 5. The fourth-order valence-corrected chi connectivity index (χ4v) is 2.32. The molecule has 1 N–H and O–H groups in total. The van der Waals surface area contributed by atoms with Gasteiger partial charge in [-0.2, -0.15) is 0 Å². The van der Waals surface area contributed by atoms with Gasteiger partial charge in [0.25, 0.3) is 0 Å². The molecule has 0 amide bonds. The molecule has 0 bridgehead atoms. The number of aryl methyl sites for hydroxylation is 1. The second kappa shape index (κ2) is 7.50. The zero-order chi connectivity index (χ0) is 16.8. The average Bonchev–Trinajstić information content (AvgIpc) is 3.13. The minimum atomic E-state index is 0.486. The van der Waals surface area contributed by atoms with Gasteiger partial charge in [0.15, 0.2) is 11.5 Å². The highest BCUT2D eigenvalue weighted by atomic mass is 16.5. The lowest BCUT2D eigenvalue weighted by Gasteiger charge is -2.16. The van der Waals surface area contributed by atoms with Gasteiger partial charge in [0, 0.05) is 5.56 Å². The van der Waals surface area contributed by atoms with E-state index in [1.54, 1.807) is 24.4 Å². The Morgan fingerprint density at radius 2 is 1.79 bits per heavy atom. The molecule has 0 aliphatic heterocycles. The van der Waals surface area contributed by atoms with E-state index in [9.17, 15) is 0 Å². The summed E-state index contributed by atoms with van der Waals surface area (Å²) in [5.74, 6) is 1.45. The number of ether oxygens (including phenoxy) is 2. The van der Waals surface area contributed by atoms with Gasteiger partial charge in [0.1, 0.15) is 19.3 Å². The summed E-state index contributed by atoms with van der Waals surface area (Å²) in [4.78, 5) is 0. The molecule has 3 rings (SSSR count). The molecule has 2 aromatic carbocycles. The van der Waals surface area contributed by atoms with E-state index in [-0.39, 0.29) is 0 Å². The van der Waals surface area contributed by atoms with Gasteiger partial charge < -0.3 is 14.9 Å². The van der Waals surface area contributed by atoms with Gasteiger partial charge in [0.05, 0.1) is 13.7 Å². The summed E-state index contributed by atoms with van der Waals surface area (Å²) >= 11 is 0. The lowest BCUT2D eigenvalue weighted by atomic mass is 10.1. The Balaban J connectivity index is 1.75. The summed E-state index contributed by atoms with van der Waals surface area (Å²) in [6.45, 7) is 3.12. The number of aromatic nitrogens is 3. The van der Waals surface area contributed by atoms with Crippen LogP contribution in [0, 0.1) is 6.92 Å². The highest BCUT2D eigenvalue weighted by Crippen LogP contribution is 2.32. The Kier molecular flexibility index (Phi) is 4.96. The molecule has 1 heterocycles. The second-order valence-electron chi connectivity index (χ2n) is 5.43. The van der Waals surface area contributed by atoms with E-state index in [1.807, 2.05) is 18.2 Å². The van der Waals surface area contributed by atoms with Crippen molar-refractivity contribution in [3.8, 4) is 11.5 Å². The van der Waals surface area contributed by atoms with Crippen LogP contribution in [0.25, 0.3) is 0 Å². The summed E-state index contributed by atoms with van der Waals surface area (Å²) in [6, 6.07) is 14.1. The van der Waals surface area contributed by atoms with Gasteiger partial charge in [-0.25, -0.2) is 4.68 Å². The van der Waals surface area contributed by atoms with Gasteiger partial charge in [-0.1, -0.05) is 42.0 Å². The van der Waals surface area contributed by atoms with E-state index >= 15 is 0 Å². The predicted molar refractivity (Wildman–Crippen MR) is 91.6 cm³/mol. The molecular formula is C18H20N4O2. The largest absolute Gasteiger partial charge is 0.493 e. The molecule has 6 heteroatoms. The standard InChI is InChI=1S/C18H20N4O2/c1-14-6-8-15(9-7-14)11-24-18-16(4-3-5-17(18)23-2)10-21-22-12-19-20-13-22/h3-9,12-13,21H,10-11H2,1-2H3. The van der Waals surface area contributed by atoms with Crippen LogP contribution in [-0.4, -0.2) is 22.0 Å². The van der Waals surface area contributed by atoms with Crippen molar-refractivity contribution in [2.45, 2.75) is 20.1 Å². The maximum Gasteiger partial charge on any atom is 0.166 e. The van der Waals surface area contributed by atoms with Crippen LogP contribution < -0.4 is 14.9 Å². The monoisotopic (exact) mass is 324 g/mol. The summed E-state index contributed by atoms with van der Waals surface area (Å²) < 4.78 is 13.2. The van der Waals surface area contributed by atoms with Crippen LogP contribution in [-0.2, 0) is 13.2 Å². The Morgan fingerprint density at radius 1 is 1.04 bits per heavy atom. The number of hydrogen-bond donors (Lipinski definition) is 1. The molecule has 1 aromatic heterocycles. The fraction of sp³-hybridized carbons (Fsp3) is 0.222. The van der Waals surface area contributed by atoms with Crippen LogP contribution in [0.1, 0.15) is 16.7 Å². The smallest absolute Gasteiger partial charge is 0.166 e. The molecule has 0 radical (unpaired) electrons. The third-order valence-corrected chi connectivity index (χ3v) is 3.65. The molecular weight excluding hydrogens is 304 g/mol. The summed E-state index contributed by atoms with van der Waals surface area (Å²) in [5.41, 5.74) is 6.54. The summed E-state index contributed by atoms with van der Waals surface area (Å²) in [7, 11) is 1.64. The van der Waals surface area contributed by atoms with Gasteiger partial charge in [-0.3, -0.25) is 0 Å². The minimum absolute atomic E-state index is 0.486. The van der Waals surface area contributed by atoms with Crippen molar-refractivity contribution < 1.29 is 9.47 Å². The second-order valence-corrected chi connectivity index (χ2v) is 5.43. The molecule has 0 aliphatic rings. The highest BCUT2D eigenvalue weighted by molar-refractivity contribution is 5.47. The Bertz CT molecular complexity index is 770. The normalized spacial score (nSPS) is 10.4. The van der Waals surface area contributed by atoms with Crippen LogP contribution >= 0.6 is 0 Å². The number of benzene rings is 2. The van der Waals surface area contributed by atoms with Crippen LogP contribution in [0.4, 0.5) is 0 Å². The van der Waals surface area contributed by atoms with Crippen molar-refractivity contribution in [3.63, 3.8) is 0 Å². The number of rotatable bonds is 7. The van der Waals surface area contributed by atoms with E-state index < -0.39 is 0 Å². The molecule has 0 unspecified atom stereocenters. The molecule has 0 fully saturated rings. The summed E-state index contributed by atoms with van der Waals surface area (Å²) in [6.07, 6.45) is 3.21. The molecule has 24 heavy (non-hydrogen) atoms. The van der Waals surface area contributed by atoms with E-state index in [1.165, 1.54) is 5.56 Å². The lowest BCUT2D eigenvalue weighted by molar-refractivity contribution is 0.281. The third kappa shape index (κ3) is 3.84. The number of para-hydroxylation sites is 1. The van der Waals surface area contributed by atoms with Gasteiger partial charge >= 0.3 is 0 Å². The maximum atomic E-state index is 6.05. The van der Waals surface area contributed by atoms with Crippen molar-refractivity contribution >= 4 is 0 Å². The SMILES string of the molecule is COc1cccc(CNn2cnnc2)c1OCc1ccc(C)cc1. The maximum absolute atomic E-state index is 6.05. The summed E-state index contributed by atoms with van der Waals surface area (Å²) in [5, 5.41) is 7.54. The molecule has 0 saturated carbocycles. The van der Waals surface area contributed by atoms with Crippen LogP contribution in [0.2, 0.25) is 0 Å². The fourth-order valence-electron chi connectivity index (χ4n) is 2.32. The Morgan fingerprint density at radius 3 is 2.50 bits per heavy atom. The molecule has 0 saturated heterocycles. The van der Waals surface area contributed by atoms with Crippen LogP contribution in [0.15, 0.2) is 55.1 Å². The number of methoxy groups -OCH3 is 1. The van der Waals surface area contributed by atoms with Crippen LogP contribution in [0.5, 0.6) is 11.5 Å². The van der Waals surface area contributed by atoms with Crippen LogP contribution in [0.3, 0.4) is 0 Å². The molecule has 124 valence electrons. The van der Waals surface area contributed by atoms with Crippen molar-refractivity contribution in [1.82, 2.24) is 14.9 Å². The van der Waals surface area contributed by atoms with Crippen molar-refractivity contribution in [3.05, 3.63) is 71.8 Å². The van der Waals surface area contributed by atoms with E-state index in [2.05, 4.69) is 46.8 Å². The first-order valence-electron chi connectivity index (χ1n) is 7.69. The van der Waals surface area contributed by atoms with Gasteiger partial charge in [0.2, 0.25) is 0 Å².